The highest BCUT2D eigenvalue weighted by molar-refractivity contribution is 5.95. The fraction of sp³-hybridized carbons (Fsp3) is 0.565. The van der Waals surface area contributed by atoms with Crippen molar-refractivity contribution in [2.24, 2.45) is 11.3 Å². The Bertz CT molecular complexity index is 2220. The third kappa shape index (κ3) is 6.19. The molecule has 14 heteroatoms. The van der Waals surface area contributed by atoms with E-state index in [2.05, 4.69) is 20.9 Å². The van der Waals surface area contributed by atoms with E-state index < -0.39 is 58.1 Å². The zero-order valence-corrected chi connectivity index (χ0v) is 35.5. The summed E-state index contributed by atoms with van der Waals surface area (Å²) in [5.41, 5.74) is -0.580. The van der Waals surface area contributed by atoms with Gasteiger partial charge in [-0.3, -0.25) is 33.9 Å². The molecule has 5 aliphatic heterocycles. The van der Waals surface area contributed by atoms with Crippen molar-refractivity contribution in [3.05, 3.63) is 70.9 Å². The summed E-state index contributed by atoms with van der Waals surface area (Å²) in [5, 5.41) is 25.7. The van der Waals surface area contributed by atoms with E-state index in [0.717, 1.165) is 16.5 Å². The number of aromatic nitrogens is 1. The molecular formula is C46H58N4O10. The van der Waals surface area contributed by atoms with E-state index in [9.17, 15) is 24.6 Å². The first-order valence-corrected chi connectivity index (χ1v) is 21.2. The molecule has 2 bridgehead atoms. The van der Waals surface area contributed by atoms with Crippen LogP contribution in [-0.2, 0) is 50.6 Å². The number of benzene rings is 2. The maximum atomic E-state index is 15.3. The highest BCUT2D eigenvalue weighted by atomic mass is 16.6. The average Bonchev–Trinajstić information content (AvgIpc) is 3.91. The minimum absolute atomic E-state index is 0.148. The highest BCUT2D eigenvalue weighted by Crippen LogP contribution is 2.62. The smallest absolute Gasteiger partial charge is 0.322 e. The van der Waals surface area contributed by atoms with Crippen LogP contribution < -0.4 is 9.64 Å². The first kappa shape index (κ1) is 42.0. The van der Waals surface area contributed by atoms with Crippen LogP contribution in [0.2, 0.25) is 0 Å². The lowest BCUT2D eigenvalue weighted by Gasteiger charge is -2.53. The fourth-order valence-corrected chi connectivity index (χ4v) is 12.3. The molecule has 6 heterocycles. The van der Waals surface area contributed by atoms with E-state index in [0.29, 0.717) is 99.5 Å². The van der Waals surface area contributed by atoms with Crippen molar-refractivity contribution in [2.45, 2.75) is 101 Å². The summed E-state index contributed by atoms with van der Waals surface area (Å²) >= 11 is 0. The van der Waals surface area contributed by atoms with Crippen molar-refractivity contribution in [2.75, 3.05) is 59.0 Å². The van der Waals surface area contributed by atoms with Crippen LogP contribution in [0, 0.1) is 11.3 Å². The highest BCUT2D eigenvalue weighted by Gasteiger charge is 2.68. The number of nitrogens with zero attached hydrogens (tertiary/aromatic N) is 3. The maximum Gasteiger partial charge on any atom is 0.322 e. The molecule has 8 rings (SSSR count). The zero-order valence-electron chi connectivity index (χ0n) is 35.5. The summed E-state index contributed by atoms with van der Waals surface area (Å²) < 4.78 is 23.3. The number of ether oxygens (including phenoxy) is 4. The molecule has 1 spiro atoms. The van der Waals surface area contributed by atoms with Crippen LogP contribution in [0.5, 0.6) is 5.75 Å². The van der Waals surface area contributed by atoms with E-state index in [1.807, 2.05) is 50.3 Å². The number of carbonyl (C=O) groups is 4. The Morgan fingerprint density at radius 1 is 1.03 bits per heavy atom. The van der Waals surface area contributed by atoms with Crippen molar-refractivity contribution >= 4 is 40.9 Å². The molecule has 4 unspecified atom stereocenters. The number of amides is 1. The second-order valence-electron chi connectivity index (χ2n) is 17.6. The summed E-state index contributed by atoms with van der Waals surface area (Å²) in [5.74, 6) is -1.43. The summed E-state index contributed by atoms with van der Waals surface area (Å²) in [6.45, 7) is 8.19. The molecule has 0 radical (unpaired) electrons. The number of carbonyl (C=O) groups excluding carboxylic acids is 4. The summed E-state index contributed by atoms with van der Waals surface area (Å²) in [4.78, 5) is 63.9. The fourth-order valence-electron chi connectivity index (χ4n) is 12.3. The molecule has 3 N–H and O–H groups in total. The minimum atomic E-state index is -1.51. The monoisotopic (exact) mass is 826 g/mol. The standard InChI is InChI=1S/C46H58N4O10/c1-7-43(56)23-29-24-46(42(55)59-6,39-31(14-18-48(25-29)26-43)30-12-9-10-13-34(30)47-39)33-20-32-35(21-36(33)57-4)50(27-51)41(54)45(32)16-19-49-17-11-15-44(8-2,40(45)49)37(60-28(3)52)22-38(53)58-5/h9-13,15,20-21,27,29,37,40-41,47,54,56H,7-8,14,16-19,22-26H2,1-6H3/t29-,37?,40-,41?,43-,44-,45?,46-/m0/s1. The molecule has 1 aromatic heterocycles. The second-order valence-corrected chi connectivity index (χ2v) is 17.6. The number of hydrogen-bond donors (Lipinski definition) is 3. The van der Waals surface area contributed by atoms with Crippen molar-refractivity contribution < 1.29 is 48.3 Å². The first-order valence-electron chi connectivity index (χ1n) is 21.2. The van der Waals surface area contributed by atoms with Gasteiger partial charge >= 0.3 is 17.9 Å². The van der Waals surface area contributed by atoms with E-state index in [1.165, 1.54) is 33.2 Å². The number of H-pyrrole nitrogens is 1. The maximum absolute atomic E-state index is 15.3. The van der Waals surface area contributed by atoms with Crippen LogP contribution in [-0.4, -0.2) is 127 Å². The Morgan fingerprint density at radius 3 is 2.50 bits per heavy atom. The van der Waals surface area contributed by atoms with Crippen LogP contribution in [0.3, 0.4) is 0 Å². The van der Waals surface area contributed by atoms with Gasteiger partial charge in [0.25, 0.3) is 0 Å². The van der Waals surface area contributed by atoms with Gasteiger partial charge in [0.1, 0.15) is 23.5 Å². The molecule has 60 heavy (non-hydrogen) atoms. The average molecular weight is 827 g/mol. The predicted molar refractivity (Wildman–Crippen MR) is 222 cm³/mol. The van der Waals surface area contributed by atoms with Crippen LogP contribution in [0.15, 0.2) is 48.6 Å². The molecule has 0 aliphatic carbocycles. The number of methoxy groups -OCH3 is 3. The summed E-state index contributed by atoms with van der Waals surface area (Å²) in [6, 6.07) is 11.1. The number of anilines is 1. The number of aromatic amines is 1. The minimum Gasteiger partial charge on any atom is -0.496 e. The quantitative estimate of drug-likeness (QED) is 0.116. The van der Waals surface area contributed by atoms with Gasteiger partial charge in [-0.05, 0) is 74.2 Å². The number of nitrogens with one attached hydrogen (secondary N) is 1. The Morgan fingerprint density at radius 2 is 1.82 bits per heavy atom. The number of aliphatic hydroxyl groups excluding tert-OH is 1. The van der Waals surface area contributed by atoms with Gasteiger partial charge in [-0.25, -0.2) is 0 Å². The van der Waals surface area contributed by atoms with Gasteiger partial charge in [-0.1, -0.05) is 44.2 Å². The van der Waals surface area contributed by atoms with Crippen LogP contribution in [0.4, 0.5) is 5.69 Å². The third-order valence-electron chi connectivity index (χ3n) is 14.8. The van der Waals surface area contributed by atoms with E-state index >= 15 is 4.79 Å². The normalized spacial score (nSPS) is 32.6. The van der Waals surface area contributed by atoms with Crippen LogP contribution >= 0.6 is 0 Å². The SMILES string of the molecule is CC[C@]1(O)C[C@@H]2CN(CCc3c([nH]c4ccccc34)[C@@](C(=O)OC)(c3cc4c(cc3OC)N(C=O)C(O)C43CCN4CC=C[C@@](CC)(C(CC(=O)OC)OC(C)=O)[C@H]43)C2)C1. The Balaban J connectivity index is 1.42. The van der Waals surface area contributed by atoms with E-state index in [-0.39, 0.29) is 18.8 Å². The number of piperidine rings is 1. The lowest BCUT2D eigenvalue weighted by molar-refractivity contribution is -0.163. The number of para-hydroxylation sites is 1. The topological polar surface area (TPSA) is 171 Å². The molecular weight excluding hydrogens is 769 g/mol. The molecule has 1 amide bonds. The second kappa shape index (κ2) is 15.6. The molecule has 9 atom stereocenters. The zero-order chi connectivity index (χ0) is 42.8. The number of fused-ring (bicyclic) bond motifs is 9. The molecule has 0 saturated carbocycles. The number of hydrogen-bond acceptors (Lipinski definition) is 12. The predicted octanol–water partition coefficient (Wildman–Crippen LogP) is 4.11. The summed E-state index contributed by atoms with van der Waals surface area (Å²) in [7, 11) is 4.22. The van der Waals surface area contributed by atoms with E-state index in [1.54, 1.807) is 6.07 Å². The van der Waals surface area contributed by atoms with Gasteiger partial charge in [0.2, 0.25) is 6.41 Å². The third-order valence-corrected chi connectivity index (χ3v) is 14.8. The number of rotatable bonds is 10. The first-order chi connectivity index (χ1) is 28.8. The van der Waals surface area contributed by atoms with Crippen LogP contribution in [0.25, 0.3) is 10.9 Å². The molecule has 322 valence electrons. The van der Waals surface area contributed by atoms with Crippen LogP contribution in [0.1, 0.15) is 81.7 Å². The Hall–Kier alpha value is -4.76. The lowest BCUT2D eigenvalue weighted by Crippen LogP contribution is -2.63. The lowest BCUT2D eigenvalue weighted by atomic mass is 9.58. The van der Waals surface area contributed by atoms with Gasteiger partial charge in [-0.2, -0.15) is 0 Å². The molecule has 2 fully saturated rings. The summed E-state index contributed by atoms with van der Waals surface area (Å²) in [6.07, 6.45) is 4.79. The molecule has 14 nitrogen and oxygen atoms in total. The van der Waals surface area contributed by atoms with Gasteiger partial charge in [-0.15, -0.1) is 0 Å². The number of aliphatic hydroxyl groups is 2. The van der Waals surface area contributed by atoms with Gasteiger partial charge < -0.3 is 34.1 Å². The number of esters is 3. The molecule has 2 aromatic carbocycles. The van der Waals surface area contributed by atoms with Crippen molar-refractivity contribution in [3.8, 4) is 5.75 Å². The van der Waals surface area contributed by atoms with Gasteiger partial charge in [0, 0.05) is 72.8 Å². The molecule has 3 aromatic rings. The van der Waals surface area contributed by atoms with Gasteiger partial charge in [0.05, 0.1) is 44.5 Å². The van der Waals surface area contributed by atoms with Crippen molar-refractivity contribution in [1.82, 2.24) is 14.8 Å². The Labute approximate surface area is 350 Å². The molecule has 2 saturated heterocycles. The Kier molecular flexibility index (Phi) is 10.9. The van der Waals surface area contributed by atoms with Crippen molar-refractivity contribution in [3.63, 3.8) is 0 Å². The molecule has 5 aliphatic rings. The van der Waals surface area contributed by atoms with Gasteiger partial charge in [0.15, 0.2) is 0 Å². The largest absolute Gasteiger partial charge is 0.496 e. The van der Waals surface area contributed by atoms with Crippen molar-refractivity contribution in [1.29, 1.82) is 0 Å². The van der Waals surface area contributed by atoms with E-state index in [4.69, 9.17) is 18.9 Å².